The molecule has 0 radical (unpaired) electrons. The normalized spacial score (nSPS) is 15.4. The molecule has 1 aliphatic heterocycles. The lowest BCUT2D eigenvalue weighted by Crippen LogP contribution is -2.32. The van der Waals surface area contributed by atoms with Crippen molar-refractivity contribution in [1.82, 2.24) is 10.2 Å². The molecular weight excluding hydrogens is 295 g/mol. The Labute approximate surface area is 134 Å². The monoisotopic (exact) mass is 314 g/mol. The summed E-state index contributed by atoms with van der Waals surface area (Å²) >= 11 is 0. The second kappa shape index (κ2) is 6.73. The van der Waals surface area contributed by atoms with Crippen molar-refractivity contribution in [3.63, 3.8) is 0 Å². The van der Waals surface area contributed by atoms with Gasteiger partial charge < -0.3 is 9.80 Å². The fraction of sp³-hybridized carbons (Fsp3) is 0.353. The van der Waals surface area contributed by atoms with Crippen LogP contribution in [-0.2, 0) is 0 Å². The number of carbonyl (C=O) groups is 1. The molecule has 0 unspecified atom stereocenters. The van der Waals surface area contributed by atoms with Gasteiger partial charge in [-0.15, -0.1) is 5.10 Å². The fourth-order valence-electron chi connectivity index (χ4n) is 2.97. The Balaban J connectivity index is 1.81. The molecule has 1 aliphatic rings. The zero-order valence-corrected chi connectivity index (χ0v) is 13.1. The molecular formula is C17H19FN4O. The Morgan fingerprint density at radius 2 is 1.87 bits per heavy atom. The van der Waals surface area contributed by atoms with Crippen molar-refractivity contribution in [2.75, 3.05) is 36.0 Å². The van der Waals surface area contributed by atoms with Gasteiger partial charge in [-0.05, 0) is 37.6 Å². The Hall–Kier alpha value is -2.50. The SMILES string of the molecule is CC(=O)c1c(F)cccc1N1CCCN(c2cccnn2)CC1. The van der Waals surface area contributed by atoms with Gasteiger partial charge in [-0.1, -0.05) is 6.07 Å². The molecule has 5 nitrogen and oxygen atoms in total. The van der Waals surface area contributed by atoms with Crippen molar-refractivity contribution in [1.29, 1.82) is 0 Å². The third-order valence-electron chi connectivity index (χ3n) is 4.06. The van der Waals surface area contributed by atoms with Gasteiger partial charge in [-0.25, -0.2) is 4.39 Å². The van der Waals surface area contributed by atoms with Crippen LogP contribution in [0.2, 0.25) is 0 Å². The maximum atomic E-state index is 14.0. The number of Topliss-reactive ketones (excluding diaryl/α,β-unsaturated/α-hetero) is 1. The third-order valence-corrected chi connectivity index (χ3v) is 4.06. The third kappa shape index (κ3) is 3.31. The minimum atomic E-state index is -0.454. The van der Waals surface area contributed by atoms with Crippen LogP contribution in [0, 0.1) is 5.82 Å². The molecule has 0 atom stereocenters. The number of carbonyl (C=O) groups excluding carboxylic acids is 1. The van der Waals surface area contributed by atoms with Crippen LogP contribution in [0.25, 0.3) is 0 Å². The number of halogens is 1. The van der Waals surface area contributed by atoms with Crippen molar-refractivity contribution < 1.29 is 9.18 Å². The number of benzene rings is 1. The van der Waals surface area contributed by atoms with E-state index in [2.05, 4.69) is 20.0 Å². The quantitative estimate of drug-likeness (QED) is 0.815. The molecule has 1 aromatic heterocycles. The number of nitrogens with zero attached hydrogens (tertiary/aromatic N) is 4. The molecule has 3 rings (SSSR count). The first kappa shape index (κ1) is 15.4. The zero-order valence-electron chi connectivity index (χ0n) is 13.1. The Kier molecular flexibility index (Phi) is 4.50. The number of rotatable bonds is 3. The highest BCUT2D eigenvalue weighted by Crippen LogP contribution is 2.25. The van der Waals surface area contributed by atoms with E-state index in [1.807, 2.05) is 18.2 Å². The van der Waals surface area contributed by atoms with Crippen LogP contribution in [0.3, 0.4) is 0 Å². The highest BCUT2D eigenvalue weighted by atomic mass is 19.1. The topological polar surface area (TPSA) is 49.3 Å². The fourth-order valence-corrected chi connectivity index (χ4v) is 2.97. The lowest BCUT2D eigenvalue weighted by molar-refractivity contribution is 0.101. The molecule has 0 amide bonds. The highest BCUT2D eigenvalue weighted by molar-refractivity contribution is 6.00. The number of ketones is 1. The predicted octanol–water partition coefficient (Wildman–Crippen LogP) is 2.54. The minimum absolute atomic E-state index is 0.181. The van der Waals surface area contributed by atoms with Crippen LogP contribution in [0.1, 0.15) is 23.7 Å². The van der Waals surface area contributed by atoms with E-state index in [-0.39, 0.29) is 11.3 Å². The number of aromatic nitrogens is 2. The summed E-state index contributed by atoms with van der Waals surface area (Å²) in [7, 11) is 0. The van der Waals surface area contributed by atoms with Gasteiger partial charge in [-0.3, -0.25) is 4.79 Å². The van der Waals surface area contributed by atoms with Crippen LogP contribution in [-0.4, -0.2) is 42.2 Å². The van der Waals surface area contributed by atoms with E-state index in [0.717, 1.165) is 31.9 Å². The summed E-state index contributed by atoms with van der Waals surface area (Å²) in [6, 6.07) is 8.61. The van der Waals surface area contributed by atoms with Gasteiger partial charge in [0.05, 0.1) is 11.3 Å². The van der Waals surface area contributed by atoms with Gasteiger partial charge in [0.15, 0.2) is 11.6 Å². The summed E-state index contributed by atoms with van der Waals surface area (Å²) in [4.78, 5) is 16.1. The standard InChI is InChI=1S/C17H19FN4O/c1-13(23)17-14(18)5-2-6-15(17)21-9-4-10-22(12-11-21)16-7-3-8-19-20-16/h2-3,5-8H,4,9-12H2,1H3. The van der Waals surface area contributed by atoms with Gasteiger partial charge >= 0.3 is 0 Å². The molecule has 0 spiro atoms. The lowest BCUT2D eigenvalue weighted by Gasteiger charge is -2.25. The lowest BCUT2D eigenvalue weighted by atomic mass is 10.1. The van der Waals surface area contributed by atoms with E-state index >= 15 is 0 Å². The van der Waals surface area contributed by atoms with Gasteiger partial charge in [0.2, 0.25) is 0 Å². The molecule has 120 valence electrons. The predicted molar refractivity (Wildman–Crippen MR) is 87.5 cm³/mol. The van der Waals surface area contributed by atoms with E-state index in [1.165, 1.54) is 13.0 Å². The van der Waals surface area contributed by atoms with Crippen molar-refractivity contribution in [2.24, 2.45) is 0 Å². The molecule has 1 aromatic carbocycles. The van der Waals surface area contributed by atoms with Crippen molar-refractivity contribution in [3.05, 3.63) is 47.9 Å². The molecule has 2 aromatic rings. The summed E-state index contributed by atoms with van der Waals surface area (Å²) in [6.45, 7) is 4.51. The first-order valence-electron chi connectivity index (χ1n) is 7.74. The molecule has 0 N–H and O–H groups in total. The number of hydrogen-bond acceptors (Lipinski definition) is 5. The summed E-state index contributed by atoms with van der Waals surface area (Å²) in [6.07, 6.45) is 2.56. The van der Waals surface area contributed by atoms with Crippen LogP contribution in [0.4, 0.5) is 15.9 Å². The van der Waals surface area contributed by atoms with E-state index in [0.29, 0.717) is 12.2 Å². The highest BCUT2D eigenvalue weighted by Gasteiger charge is 2.21. The molecule has 6 heteroatoms. The summed E-state index contributed by atoms with van der Waals surface area (Å²) in [5.41, 5.74) is 0.860. The maximum Gasteiger partial charge on any atom is 0.164 e. The number of hydrogen-bond donors (Lipinski definition) is 0. The average Bonchev–Trinajstić information content (AvgIpc) is 2.81. The van der Waals surface area contributed by atoms with Gasteiger partial charge in [0.1, 0.15) is 5.82 Å². The van der Waals surface area contributed by atoms with Gasteiger partial charge in [0, 0.05) is 32.4 Å². The Bertz CT molecular complexity index is 692. The smallest absolute Gasteiger partial charge is 0.164 e. The molecule has 0 aliphatic carbocycles. The number of anilines is 2. The Morgan fingerprint density at radius 3 is 2.61 bits per heavy atom. The molecule has 0 bridgehead atoms. The molecule has 23 heavy (non-hydrogen) atoms. The first-order valence-corrected chi connectivity index (χ1v) is 7.74. The van der Waals surface area contributed by atoms with E-state index < -0.39 is 5.82 Å². The maximum absolute atomic E-state index is 14.0. The largest absolute Gasteiger partial charge is 0.369 e. The molecule has 0 saturated carbocycles. The molecule has 1 fully saturated rings. The molecule has 1 saturated heterocycles. The van der Waals surface area contributed by atoms with Crippen LogP contribution >= 0.6 is 0 Å². The second-order valence-corrected chi connectivity index (χ2v) is 5.60. The minimum Gasteiger partial charge on any atom is -0.369 e. The average molecular weight is 314 g/mol. The van der Waals surface area contributed by atoms with Crippen molar-refractivity contribution in [2.45, 2.75) is 13.3 Å². The van der Waals surface area contributed by atoms with Gasteiger partial charge in [0.25, 0.3) is 0 Å². The van der Waals surface area contributed by atoms with Crippen molar-refractivity contribution in [3.8, 4) is 0 Å². The van der Waals surface area contributed by atoms with Crippen LogP contribution in [0.15, 0.2) is 36.5 Å². The summed E-state index contributed by atoms with van der Waals surface area (Å²) in [5, 5.41) is 8.06. The van der Waals surface area contributed by atoms with Crippen LogP contribution < -0.4 is 9.80 Å². The van der Waals surface area contributed by atoms with Crippen LogP contribution in [0.5, 0.6) is 0 Å². The Morgan fingerprint density at radius 1 is 1.09 bits per heavy atom. The molecule has 2 heterocycles. The summed E-state index contributed by atoms with van der Waals surface area (Å²) in [5.74, 6) is 0.151. The van der Waals surface area contributed by atoms with Crippen molar-refractivity contribution >= 4 is 17.3 Å². The first-order chi connectivity index (χ1) is 11.2. The van der Waals surface area contributed by atoms with E-state index in [9.17, 15) is 9.18 Å². The van der Waals surface area contributed by atoms with E-state index in [4.69, 9.17) is 0 Å². The van der Waals surface area contributed by atoms with E-state index in [1.54, 1.807) is 12.3 Å². The zero-order chi connectivity index (χ0) is 16.2. The summed E-state index contributed by atoms with van der Waals surface area (Å²) < 4.78 is 14.0. The second-order valence-electron chi connectivity index (χ2n) is 5.60. The van der Waals surface area contributed by atoms with Gasteiger partial charge in [-0.2, -0.15) is 5.10 Å².